The standard InChI is InChI=1S/C36H45Cl2N5O4.ClH/c1-7-47-30-22-26(35(2,3)4)12-17-29(30)36(34(45)43-20-18-42(19-21-43)23-31(44)41(5)46-6)39-32(24-8-13-27(37)14-9-24)33(40-36)25-10-15-28(38)16-11-25;/h8-17,22,32-33,39-40H,7,18-21,23H2,1-6H3;1H/t32-,33+,36?;. The maximum atomic E-state index is 15.1. The Labute approximate surface area is 300 Å². The molecule has 48 heavy (non-hydrogen) atoms. The van der Waals surface area contributed by atoms with Gasteiger partial charge >= 0.3 is 0 Å². The lowest BCUT2D eigenvalue weighted by atomic mass is 9.84. The fourth-order valence-electron chi connectivity index (χ4n) is 6.27. The summed E-state index contributed by atoms with van der Waals surface area (Å²) in [6.07, 6.45) is 0. The van der Waals surface area contributed by atoms with Gasteiger partial charge in [0, 0.05) is 48.8 Å². The molecule has 0 aliphatic carbocycles. The first-order valence-corrected chi connectivity index (χ1v) is 16.8. The van der Waals surface area contributed by atoms with E-state index in [9.17, 15) is 4.79 Å². The molecule has 3 atom stereocenters. The summed E-state index contributed by atoms with van der Waals surface area (Å²) >= 11 is 12.6. The van der Waals surface area contributed by atoms with Gasteiger partial charge in [0.15, 0.2) is 5.66 Å². The number of rotatable bonds is 9. The Morgan fingerprint density at radius 1 is 0.896 bits per heavy atom. The van der Waals surface area contributed by atoms with E-state index < -0.39 is 5.66 Å². The summed E-state index contributed by atoms with van der Waals surface area (Å²) < 4.78 is 6.31. The first-order chi connectivity index (χ1) is 22.4. The molecular weight excluding hydrogens is 673 g/mol. The number of hydrogen-bond donors (Lipinski definition) is 2. The zero-order chi connectivity index (χ0) is 33.9. The van der Waals surface area contributed by atoms with Crippen molar-refractivity contribution in [2.24, 2.45) is 0 Å². The molecule has 2 aliphatic heterocycles. The molecule has 3 aromatic rings. The number of piperazine rings is 1. The van der Waals surface area contributed by atoms with Crippen LogP contribution in [0, 0.1) is 0 Å². The van der Waals surface area contributed by atoms with Crippen molar-refractivity contribution in [2.75, 3.05) is 53.5 Å². The first kappa shape index (κ1) is 37.9. The van der Waals surface area contributed by atoms with Crippen molar-refractivity contribution in [1.82, 2.24) is 25.5 Å². The van der Waals surface area contributed by atoms with Crippen molar-refractivity contribution in [3.05, 3.63) is 99.0 Å². The zero-order valence-corrected chi connectivity index (χ0v) is 30.7. The molecule has 2 fully saturated rings. The van der Waals surface area contributed by atoms with Gasteiger partial charge in [-0.05, 0) is 59.4 Å². The normalized spacial score (nSPS) is 21.5. The highest BCUT2D eigenvalue weighted by atomic mass is 35.5. The largest absolute Gasteiger partial charge is 0.493 e. The smallest absolute Gasteiger partial charge is 0.262 e. The molecule has 12 heteroatoms. The minimum absolute atomic E-state index is 0. The maximum Gasteiger partial charge on any atom is 0.262 e. The Hall–Kier alpha value is -2.89. The first-order valence-electron chi connectivity index (χ1n) is 16.0. The number of halogens is 3. The van der Waals surface area contributed by atoms with Crippen LogP contribution in [0.3, 0.4) is 0 Å². The number of likely N-dealkylation sites (N-methyl/N-ethyl adjacent to an activating group) is 1. The van der Waals surface area contributed by atoms with Crippen molar-refractivity contribution >= 4 is 47.4 Å². The summed E-state index contributed by atoms with van der Waals surface area (Å²) in [5.74, 6) is 0.392. The molecule has 2 amide bonds. The van der Waals surface area contributed by atoms with Crippen LogP contribution in [-0.2, 0) is 25.5 Å². The van der Waals surface area contributed by atoms with Crippen LogP contribution in [0.15, 0.2) is 66.7 Å². The number of carbonyl (C=O) groups excluding carboxylic acids is 2. The molecule has 2 heterocycles. The molecule has 0 bridgehead atoms. The molecule has 3 aromatic carbocycles. The van der Waals surface area contributed by atoms with Crippen molar-refractivity contribution in [3.8, 4) is 5.75 Å². The van der Waals surface area contributed by atoms with Crippen molar-refractivity contribution < 1.29 is 19.2 Å². The molecule has 9 nitrogen and oxygen atoms in total. The highest BCUT2D eigenvalue weighted by molar-refractivity contribution is 6.30. The summed E-state index contributed by atoms with van der Waals surface area (Å²) in [4.78, 5) is 36.6. The average Bonchev–Trinajstić information content (AvgIpc) is 3.46. The summed E-state index contributed by atoms with van der Waals surface area (Å²) in [6, 6.07) is 21.0. The molecule has 0 radical (unpaired) electrons. The zero-order valence-electron chi connectivity index (χ0n) is 28.4. The van der Waals surface area contributed by atoms with E-state index in [1.54, 1.807) is 7.05 Å². The molecule has 5 rings (SSSR count). The quantitative estimate of drug-likeness (QED) is 0.259. The van der Waals surface area contributed by atoms with Crippen LogP contribution in [0.25, 0.3) is 0 Å². The number of carbonyl (C=O) groups is 2. The van der Waals surface area contributed by atoms with E-state index in [1.165, 1.54) is 12.2 Å². The van der Waals surface area contributed by atoms with Crippen LogP contribution in [-0.4, -0.2) is 80.2 Å². The van der Waals surface area contributed by atoms with E-state index in [2.05, 4.69) is 43.5 Å². The monoisotopic (exact) mass is 717 g/mol. The fraction of sp³-hybridized carbons (Fsp3) is 0.444. The number of amides is 2. The summed E-state index contributed by atoms with van der Waals surface area (Å²) in [5, 5.41) is 10.1. The lowest BCUT2D eigenvalue weighted by Crippen LogP contribution is -2.62. The van der Waals surface area contributed by atoms with E-state index in [0.717, 1.165) is 16.7 Å². The van der Waals surface area contributed by atoms with E-state index in [1.807, 2.05) is 71.3 Å². The Bertz CT molecular complexity index is 1500. The SMILES string of the molecule is CCOc1cc(C(C)(C)C)ccc1C1(C(=O)N2CCN(CC(=O)N(C)OC)CC2)N[C@H](c2ccc(Cl)cc2)[C@H](c2ccc(Cl)cc2)N1.Cl. The number of hydroxylamine groups is 2. The Morgan fingerprint density at radius 2 is 1.42 bits per heavy atom. The maximum absolute atomic E-state index is 15.1. The van der Waals surface area contributed by atoms with E-state index >= 15 is 4.79 Å². The number of benzene rings is 3. The van der Waals surface area contributed by atoms with Gasteiger partial charge in [-0.2, -0.15) is 0 Å². The molecule has 1 unspecified atom stereocenters. The molecule has 2 N–H and O–H groups in total. The van der Waals surface area contributed by atoms with E-state index in [0.29, 0.717) is 54.1 Å². The van der Waals surface area contributed by atoms with Crippen LogP contribution in [0.4, 0.5) is 0 Å². The lowest BCUT2D eigenvalue weighted by molar-refractivity contribution is -0.170. The summed E-state index contributed by atoms with van der Waals surface area (Å²) in [6.45, 7) is 11.1. The van der Waals surface area contributed by atoms with Crippen molar-refractivity contribution in [1.29, 1.82) is 0 Å². The lowest BCUT2D eigenvalue weighted by Gasteiger charge is -2.41. The molecule has 2 saturated heterocycles. The van der Waals surface area contributed by atoms with Crippen molar-refractivity contribution in [2.45, 2.75) is 50.9 Å². The van der Waals surface area contributed by atoms with Gasteiger partial charge in [0.2, 0.25) is 0 Å². The second-order valence-corrected chi connectivity index (χ2v) is 14.0. The summed E-state index contributed by atoms with van der Waals surface area (Å²) in [7, 11) is 3.06. The number of nitrogens with one attached hydrogen (secondary N) is 2. The van der Waals surface area contributed by atoms with Gasteiger partial charge in [0.25, 0.3) is 11.8 Å². The third kappa shape index (κ3) is 8.11. The fourth-order valence-corrected chi connectivity index (χ4v) is 6.53. The predicted octanol–water partition coefficient (Wildman–Crippen LogP) is 6.10. The van der Waals surface area contributed by atoms with Crippen LogP contribution in [0.5, 0.6) is 5.75 Å². The van der Waals surface area contributed by atoms with Crippen LogP contribution < -0.4 is 15.4 Å². The number of hydrogen-bond acceptors (Lipinski definition) is 7. The van der Waals surface area contributed by atoms with Gasteiger partial charge in [0.05, 0.1) is 32.3 Å². The minimum atomic E-state index is -1.34. The molecule has 0 aromatic heterocycles. The number of ether oxygens (including phenoxy) is 1. The second-order valence-electron chi connectivity index (χ2n) is 13.1. The second kappa shape index (κ2) is 15.8. The van der Waals surface area contributed by atoms with Gasteiger partial charge in [-0.25, -0.2) is 5.06 Å². The highest BCUT2D eigenvalue weighted by Crippen LogP contribution is 2.45. The predicted molar refractivity (Wildman–Crippen MR) is 193 cm³/mol. The Kier molecular flexibility index (Phi) is 12.5. The van der Waals surface area contributed by atoms with Gasteiger partial charge in [0.1, 0.15) is 5.75 Å². The minimum Gasteiger partial charge on any atom is -0.493 e. The molecule has 2 aliphatic rings. The van der Waals surface area contributed by atoms with Crippen LogP contribution in [0.1, 0.15) is 62.0 Å². The molecule has 260 valence electrons. The Balaban J connectivity index is 0.00000520. The third-order valence-electron chi connectivity index (χ3n) is 9.05. The number of nitrogens with zero attached hydrogens (tertiary/aromatic N) is 3. The molecular formula is C36H46Cl3N5O4. The highest BCUT2D eigenvalue weighted by Gasteiger charge is 2.54. The average molecular weight is 719 g/mol. The third-order valence-corrected chi connectivity index (χ3v) is 9.56. The van der Waals surface area contributed by atoms with Crippen LogP contribution >= 0.6 is 35.6 Å². The topological polar surface area (TPSA) is 86.4 Å². The van der Waals surface area contributed by atoms with Crippen molar-refractivity contribution in [3.63, 3.8) is 0 Å². The van der Waals surface area contributed by atoms with E-state index in [-0.39, 0.29) is 48.3 Å². The van der Waals surface area contributed by atoms with Crippen LogP contribution in [0.2, 0.25) is 10.0 Å². The Morgan fingerprint density at radius 3 is 1.88 bits per heavy atom. The molecule has 0 spiro atoms. The summed E-state index contributed by atoms with van der Waals surface area (Å²) in [5.41, 5.74) is 2.31. The van der Waals surface area contributed by atoms with Gasteiger partial charge < -0.3 is 9.64 Å². The van der Waals surface area contributed by atoms with E-state index in [4.69, 9.17) is 32.8 Å². The molecule has 0 saturated carbocycles. The van der Waals surface area contributed by atoms with Gasteiger partial charge in [-0.15, -0.1) is 12.4 Å². The van der Waals surface area contributed by atoms with Gasteiger partial charge in [-0.3, -0.25) is 30.0 Å². The van der Waals surface area contributed by atoms with Gasteiger partial charge in [-0.1, -0.05) is 80.4 Å².